The average molecular weight is 427 g/mol. The smallest absolute Gasteiger partial charge is 0.154 e. The standard InChI is InChI=1S/C12H23ClN2.C12H24N2/c1-11(2,3)14-15-12(13)9-7-5-4-6-8-10-12;1-12(2,3)14-13-11-9-7-5-4-6-8-10-11/h4-10H2,1-3H3;14H,4-10H2,1-3H3/b15-14+;. The molecule has 29 heavy (non-hydrogen) atoms. The SMILES string of the molecule is CC(C)(C)/N=N/C1(Cl)CCCCCCC1.CC(C)(C)NN=C1CCCCCCC1. The lowest BCUT2D eigenvalue weighted by molar-refractivity contribution is 0.387. The zero-order chi connectivity index (χ0) is 21.8. The van der Waals surface area contributed by atoms with Crippen molar-refractivity contribution in [1.29, 1.82) is 0 Å². The summed E-state index contributed by atoms with van der Waals surface area (Å²) >= 11 is 6.50. The van der Waals surface area contributed by atoms with E-state index in [2.05, 4.69) is 62.3 Å². The van der Waals surface area contributed by atoms with Crippen molar-refractivity contribution in [1.82, 2.24) is 5.43 Å². The number of azo groups is 1. The monoisotopic (exact) mass is 426 g/mol. The lowest BCUT2D eigenvalue weighted by Gasteiger charge is -2.25. The van der Waals surface area contributed by atoms with Crippen LogP contribution in [0.1, 0.15) is 131 Å². The summed E-state index contributed by atoms with van der Waals surface area (Å²) in [4.78, 5) is -0.409. The van der Waals surface area contributed by atoms with Crippen LogP contribution in [0.3, 0.4) is 0 Å². The Bertz CT molecular complexity index is 482. The summed E-state index contributed by atoms with van der Waals surface area (Å²) in [7, 11) is 0. The summed E-state index contributed by atoms with van der Waals surface area (Å²) in [5, 5.41) is 13.2. The first-order chi connectivity index (χ1) is 13.5. The Morgan fingerprint density at radius 2 is 1.17 bits per heavy atom. The van der Waals surface area contributed by atoms with Gasteiger partial charge in [-0.25, -0.2) is 0 Å². The molecule has 0 saturated heterocycles. The van der Waals surface area contributed by atoms with E-state index >= 15 is 0 Å². The molecule has 2 rings (SSSR count). The van der Waals surface area contributed by atoms with E-state index in [0.717, 1.165) is 12.8 Å². The molecule has 4 nitrogen and oxygen atoms in total. The van der Waals surface area contributed by atoms with E-state index in [1.165, 1.54) is 82.8 Å². The molecule has 2 saturated carbocycles. The van der Waals surface area contributed by atoms with Gasteiger partial charge in [0.15, 0.2) is 5.00 Å². The molecular formula is C24H47ClN4. The summed E-state index contributed by atoms with van der Waals surface area (Å²) < 4.78 is 0. The summed E-state index contributed by atoms with van der Waals surface area (Å²) in [5.74, 6) is 0. The first-order valence-corrected chi connectivity index (χ1v) is 12.3. The van der Waals surface area contributed by atoms with Crippen molar-refractivity contribution in [2.45, 2.75) is 148 Å². The molecule has 0 aromatic heterocycles. The molecule has 170 valence electrons. The fourth-order valence-corrected chi connectivity index (χ4v) is 3.76. The van der Waals surface area contributed by atoms with Crippen molar-refractivity contribution in [2.75, 3.05) is 0 Å². The van der Waals surface area contributed by atoms with Crippen LogP contribution in [0.2, 0.25) is 0 Å². The van der Waals surface area contributed by atoms with E-state index in [1.807, 2.05) is 0 Å². The molecule has 5 heteroatoms. The molecule has 0 unspecified atom stereocenters. The molecule has 0 radical (unpaired) electrons. The molecule has 2 aliphatic rings. The van der Waals surface area contributed by atoms with Crippen molar-refractivity contribution >= 4 is 17.3 Å². The third-order valence-electron chi connectivity index (χ3n) is 5.13. The van der Waals surface area contributed by atoms with Gasteiger partial charge in [0.05, 0.1) is 5.54 Å². The molecule has 0 heterocycles. The van der Waals surface area contributed by atoms with Crippen molar-refractivity contribution in [3.05, 3.63) is 0 Å². The second kappa shape index (κ2) is 12.9. The number of rotatable bonds is 2. The number of halogens is 1. The van der Waals surface area contributed by atoms with Crippen LogP contribution >= 0.6 is 11.6 Å². The molecule has 2 fully saturated rings. The number of hydrogen-bond donors (Lipinski definition) is 1. The van der Waals surface area contributed by atoms with E-state index < -0.39 is 5.00 Å². The lowest BCUT2D eigenvalue weighted by Crippen LogP contribution is -2.32. The first-order valence-electron chi connectivity index (χ1n) is 11.9. The minimum Gasteiger partial charge on any atom is -0.305 e. The predicted molar refractivity (Wildman–Crippen MR) is 128 cm³/mol. The van der Waals surface area contributed by atoms with Crippen LogP contribution in [0.25, 0.3) is 0 Å². The van der Waals surface area contributed by atoms with Crippen LogP contribution in [0.15, 0.2) is 15.3 Å². The Kier molecular flexibility index (Phi) is 11.8. The van der Waals surface area contributed by atoms with Gasteiger partial charge in [-0.15, -0.1) is 0 Å². The Morgan fingerprint density at radius 1 is 0.724 bits per heavy atom. The van der Waals surface area contributed by atoms with Gasteiger partial charge in [0.1, 0.15) is 0 Å². The quantitative estimate of drug-likeness (QED) is 0.205. The average Bonchev–Trinajstić information content (AvgIpc) is 2.55. The zero-order valence-electron chi connectivity index (χ0n) is 20.1. The van der Waals surface area contributed by atoms with Gasteiger partial charge in [-0.1, -0.05) is 50.1 Å². The van der Waals surface area contributed by atoms with E-state index in [9.17, 15) is 0 Å². The molecule has 2 aliphatic carbocycles. The van der Waals surface area contributed by atoms with Crippen LogP contribution in [0.5, 0.6) is 0 Å². The van der Waals surface area contributed by atoms with Gasteiger partial charge in [0.25, 0.3) is 0 Å². The Labute approximate surface area is 185 Å². The van der Waals surface area contributed by atoms with Crippen LogP contribution in [-0.2, 0) is 0 Å². The third-order valence-corrected chi connectivity index (χ3v) is 5.58. The highest BCUT2D eigenvalue weighted by molar-refractivity contribution is 6.23. The molecule has 0 bridgehead atoms. The fourth-order valence-electron chi connectivity index (χ4n) is 3.46. The third kappa shape index (κ3) is 14.9. The van der Waals surface area contributed by atoms with Gasteiger partial charge in [0.2, 0.25) is 0 Å². The Balaban J connectivity index is 0.000000291. The number of hydrogen-bond acceptors (Lipinski definition) is 4. The Morgan fingerprint density at radius 3 is 1.62 bits per heavy atom. The summed E-state index contributed by atoms with van der Waals surface area (Å²) in [6.07, 6.45) is 17.5. The van der Waals surface area contributed by atoms with Gasteiger partial charge in [-0.2, -0.15) is 15.3 Å². The number of alkyl halides is 1. The van der Waals surface area contributed by atoms with E-state index in [4.69, 9.17) is 11.6 Å². The van der Waals surface area contributed by atoms with Crippen molar-refractivity contribution < 1.29 is 0 Å². The minimum atomic E-state index is -0.409. The first kappa shape index (κ1) is 26.4. The molecule has 0 aliphatic heterocycles. The van der Waals surface area contributed by atoms with E-state index in [0.29, 0.717) is 0 Å². The lowest BCUT2D eigenvalue weighted by atomic mass is 9.97. The van der Waals surface area contributed by atoms with Crippen LogP contribution in [0.4, 0.5) is 0 Å². The van der Waals surface area contributed by atoms with E-state index in [-0.39, 0.29) is 11.1 Å². The van der Waals surface area contributed by atoms with Gasteiger partial charge >= 0.3 is 0 Å². The second-order valence-corrected chi connectivity index (χ2v) is 11.6. The molecule has 0 atom stereocenters. The van der Waals surface area contributed by atoms with Crippen molar-refractivity contribution in [3.63, 3.8) is 0 Å². The van der Waals surface area contributed by atoms with Gasteiger partial charge in [-0.3, -0.25) is 0 Å². The molecular weight excluding hydrogens is 380 g/mol. The van der Waals surface area contributed by atoms with E-state index in [1.54, 1.807) is 0 Å². The maximum absolute atomic E-state index is 6.50. The largest absolute Gasteiger partial charge is 0.305 e. The highest BCUT2D eigenvalue weighted by Crippen LogP contribution is 2.34. The van der Waals surface area contributed by atoms with Crippen LogP contribution in [0, 0.1) is 0 Å². The Hall–Kier alpha value is -0.640. The summed E-state index contributed by atoms with van der Waals surface area (Å²) in [6, 6.07) is 0. The fraction of sp³-hybridized carbons (Fsp3) is 0.958. The predicted octanol–water partition coefficient (Wildman–Crippen LogP) is 8.39. The maximum Gasteiger partial charge on any atom is 0.154 e. The topological polar surface area (TPSA) is 49.1 Å². The van der Waals surface area contributed by atoms with Crippen molar-refractivity contribution in [2.24, 2.45) is 15.3 Å². The van der Waals surface area contributed by atoms with Gasteiger partial charge in [-0.05, 0) is 92.9 Å². The summed E-state index contributed by atoms with van der Waals surface area (Å²) in [5.41, 5.74) is 4.60. The molecule has 0 spiro atoms. The highest BCUT2D eigenvalue weighted by Gasteiger charge is 2.27. The van der Waals surface area contributed by atoms with Gasteiger partial charge in [0, 0.05) is 11.3 Å². The molecule has 0 aromatic carbocycles. The molecule has 0 aromatic rings. The number of nitrogens with one attached hydrogen (secondary N) is 1. The highest BCUT2D eigenvalue weighted by atomic mass is 35.5. The van der Waals surface area contributed by atoms with Crippen molar-refractivity contribution in [3.8, 4) is 0 Å². The maximum atomic E-state index is 6.50. The van der Waals surface area contributed by atoms with Crippen LogP contribution < -0.4 is 5.43 Å². The summed E-state index contributed by atoms with van der Waals surface area (Å²) in [6.45, 7) is 12.6. The number of hydrazone groups is 1. The van der Waals surface area contributed by atoms with Crippen LogP contribution in [-0.4, -0.2) is 21.8 Å². The van der Waals surface area contributed by atoms with Gasteiger partial charge < -0.3 is 5.43 Å². The minimum absolute atomic E-state index is 0.107. The molecule has 0 amide bonds. The zero-order valence-corrected chi connectivity index (χ0v) is 20.9. The number of nitrogens with zero attached hydrogens (tertiary/aromatic N) is 3. The second-order valence-electron chi connectivity index (χ2n) is 10.9. The molecule has 1 N–H and O–H groups in total. The normalized spacial score (nSPS) is 21.8.